The number of piperazine rings is 1. The Bertz CT molecular complexity index is 478. The summed E-state index contributed by atoms with van der Waals surface area (Å²) >= 11 is 5.83. The molecule has 2 N–H and O–H groups in total. The standard InChI is InChI=1S/C12H13ClN2O3/c13-9-3-1-2-8(6-9)11(16)10-7-14-4-5-15(10)12(17)18/h1-3,6,10,14H,4-5,7H2,(H,17,18). The fourth-order valence-corrected chi connectivity index (χ4v) is 2.19. The van der Waals surface area contributed by atoms with Gasteiger partial charge in [-0.25, -0.2) is 4.79 Å². The van der Waals surface area contributed by atoms with Crippen molar-refractivity contribution in [2.45, 2.75) is 6.04 Å². The third kappa shape index (κ3) is 2.63. The molecule has 6 heteroatoms. The largest absolute Gasteiger partial charge is 0.465 e. The van der Waals surface area contributed by atoms with Gasteiger partial charge in [0.25, 0.3) is 0 Å². The Hall–Kier alpha value is -1.59. The molecule has 1 unspecified atom stereocenters. The first-order valence-electron chi connectivity index (χ1n) is 5.59. The summed E-state index contributed by atoms with van der Waals surface area (Å²) in [6.45, 7) is 1.20. The third-order valence-electron chi connectivity index (χ3n) is 2.90. The van der Waals surface area contributed by atoms with Crippen LogP contribution in [0, 0.1) is 0 Å². The summed E-state index contributed by atoms with van der Waals surface area (Å²) in [5.74, 6) is -0.230. The number of hydrogen-bond acceptors (Lipinski definition) is 3. The molecule has 0 aromatic heterocycles. The summed E-state index contributed by atoms with van der Waals surface area (Å²) in [5, 5.41) is 12.6. The lowest BCUT2D eigenvalue weighted by Gasteiger charge is -2.32. The highest BCUT2D eigenvalue weighted by Gasteiger charge is 2.32. The van der Waals surface area contributed by atoms with Crippen molar-refractivity contribution in [3.8, 4) is 0 Å². The van der Waals surface area contributed by atoms with Crippen molar-refractivity contribution in [2.24, 2.45) is 0 Å². The van der Waals surface area contributed by atoms with Crippen LogP contribution in [0.5, 0.6) is 0 Å². The van der Waals surface area contributed by atoms with Crippen LogP contribution in [0.2, 0.25) is 5.02 Å². The molecule has 0 radical (unpaired) electrons. The molecule has 2 rings (SSSR count). The van der Waals surface area contributed by atoms with Gasteiger partial charge in [-0.2, -0.15) is 0 Å². The maximum absolute atomic E-state index is 12.3. The molecule has 1 saturated heterocycles. The number of hydrogen-bond donors (Lipinski definition) is 2. The molecular weight excluding hydrogens is 256 g/mol. The zero-order chi connectivity index (χ0) is 13.1. The van der Waals surface area contributed by atoms with Crippen LogP contribution in [0.4, 0.5) is 4.79 Å². The molecule has 1 aliphatic heterocycles. The highest BCUT2D eigenvalue weighted by atomic mass is 35.5. The second kappa shape index (κ2) is 5.37. The van der Waals surface area contributed by atoms with Crippen molar-refractivity contribution in [1.82, 2.24) is 10.2 Å². The summed E-state index contributed by atoms with van der Waals surface area (Å²) in [6, 6.07) is 5.86. The third-order valence-corrected chi connectivity index (χ3v) is 3.14. The van der Waals surface area contributed by atoms with Crippen molar-refractivity contribution in [3.63, 3.8) is 0 Å². The lowest BCUT2D eigenvalue weighted by molar-refractivity contribution is 0.0741. The average Bonchev–Trinajstić information content (AvgIpc) is 2.38. The van der Waals surface area contributed by atoms with Gasteiger partial charge in [0, 0.05) is 30.2 Å². The van der Waals surface area contributed by atoms with Crippen LogP contribution in [0.15, 0.2) is 24.3 Å². The van der Waals surface area contributed by atoms with E-state index < -0.39 is 12.1 Å². The molecule has 96 valence electrons. The normalized spacial score (nSPS) is 19.6. The Morgan fingerprint density at radius 1 is 1.44 bits per heavy atom. The maximum atomic E-state index is 12.3. The van der Waals surface area contributed by atoms with Crippen LogP contribution in [0.3, 0.4) is 0 Å². The molecular formula is C12H13ClN2O3. The lowest BCUT2D eigenvalue weighted by Crippen LogP contribution is -2.56. The molecule has 1 fully saturated rings. The van der Waals surface area contributed by atoms with Crippen molar-refractivity contribution >= 4 is 23.5 Å². The maximum Gasteiger partial charge on any atom is 0.408 e. The predicted octanol–water partition coefficient (Wildman–Crippen LogP) is 1.47. The summed E-state index contributed by atoms with van der Waals surface area (Å²) in [5.41, 5.74) is 0.433. The average molecular weight is 269 g/mol. The summed E-state index contributed by atoms with van der Waals surface area (Å²) in [7, 11) is 0. The Balaban J connectivity index is 2.23. The van der Waals surface area contributed by atoms with Crippen LogP contribution in [-0.2, 0) is 0 Å². The molecule has 1 amide bonds. The van der Waals surface area contributed by atoms with Gasteiger partial charge in [0.1, 0.15) is 6.04 Å². The van der Waals surface area contributed by atoms with Crippen LogP contribution in [0.25, 0.3) is 0 Å². The number of nitrogens with one attached hydrogen (secondary N) is 1. The molecule has 1 aliphatic rings. The van der Waals surface area contributed by atoms with Gasteiger partial charge < -0.3 is 10.4 Å². The number of carboxylic acid groups (broad SMARTS) is 1. The molecule has 5 nitrogen and oxygen atoms in total. The second-order valence-electron chi connectivity index (χ2n) is 4.07. The van der Waals surface area contributed by atoms with Crippen LogP contribution in [0.1, 0.15) is 10.4 Å². The van der Waals surface area contributed by atoms with Gasteiger partial charge in [-0.05, 0) is 12.1 Å². The minimum absolute atomic E-state index is 0.230. The predicted molar refractivity (Wildman–Crippen MR) is 67.2 cm³/mol. The van der Waals surface area contributed by atoms with Crippen LogP contribution in [-0.4, -0.2) is 47.6 Å². The molecule has 0 spiro atoms. The number of nitrogens with zero attached hydrogens (tertiary/aromatic N) is 1. The molecule has 18 heavy (non-hydrogen) atoms. The van der Waals surface area contributed by atoms with E-state index in [1.54, 1.807) is 24.3 Å². The minimum atomic E-state index is -1.07. The van der Waals surface area contributed by atoms with Crippen LogP contribution >= 0.6 is 11.6 Å². The number of carbonyl (C=O) groups excluding carboxylic acids is 1. The number of benzene rings is 1. The van der Waals surface area contributed by atoms with E-state index in [1.807, 2.05) is 0 Å². The van der Waals surface area contributed by atoms with Crippen molar-refractivity contribution in [1.29, 1.82) is 0 Å². The van der Waals surface area contributed by atoms with Gasteiger partial charge in [0.2, 0.25) is 0 Å². The first-order valence-corrected chi connectivity index (χ1v) is 5.97. The van der Waals surface area contributed by atoms with E-state index in [2.05, 4.69) is 5.32 Å². The molecule has 0 bridgehead atoms. The Kier molecular flexibility index (Phi) is 3.84. The smallest absolute Gasteiger partial charge is 0.408 e. The quantitative estimate of drug-likeness (QED) is 0.797. The fourth-order valence-electron chi connectivity index (χ4n) is 2.00. The zero-order valence-electron chi connectivity index (χ0n) is 9.60. The topological polar surface area (TPSA) is 69.6 Å². The van der Waals surface area contributed by atoms with Crippen LogP contribution < -0.4 is 5.32 Å². The molecule has 1 aromatic carbocycles. The number of amides is 1. The Labute approximate surface area is 109 Å². The van der Waals surface area contributed by atoms with Gasteiger partial charge in [-0.15, -0.1) is 0 Å². The number of ketones is 1. The molecule has 0 saturated carbocycles. The number of Topliss-reactive ketones (excluding diaryl/α,β-unsaturated/α-hetero) is 1. The van der Waals surface area contributed by atoms with Crippen molar-refractivity contribution in [3.05, 3.63) is 34.9 Å². The van der Waals surface area contributed by atoms with E-state index in [-0.39, 0.29) is 5.78 Å². The van der Waals surface area contributed by atoms with E-state index in [4.69, 9.17) is 16.7 Å². The van der Waals surface area contributed by atoms with Gasteiger partial charge >= 0.3 is 6.09 Å². The van der Waals surface area contributed by atoms with Crippen molar-refractivity contribution in [2.75, 3.05) is 19.6 Å². The number of carbonyl (C=O) groups is 2. The lowest BCUT2D eigenvalue weighted by atomic mass is 10.0. The first-order chi connectivity index (χ1) is 8.59. The fraction of sp³-hybridized carbons (Fsp3) is 0.333. The molecule has 1 atom stereocenters. The first kappa shape index (κ1) is 12.9. The van der Waals surface area contributed by atoms with Gasteiger partial charge in [0.15, 0.2) is 5.78 Å². The molecule has 1 heterocycles. The summed E-state index contributed by atoms with van der Waals surface area (Å²) in [4.78, 5) is 24.5. The SMILES string of the molecule is O=C(c1cccc(Cl)c1)C1CNCCN1C(=O)O. The van der Waals surface area contributed by atoms with E-state index in [1.165, 1.54) is 4.90 Å². The second-order valence-corrected chi connectivity index (χ2v) is 4.51. The Morgan fingerprint density at radius 3 is 2.89 bits per heavy atom. The summed E-state index contributed by atoms with van der Waals surface area (Å²) < 4.78 is 0. The van der Waals surface area contributed by atoms with Crippen molar-refractivity contribution < 1.29 is 14.7 Å². The van der Waals surface area contributed by atoms with E-state index in [9.17, 15) is 9.59 Å². The van der Waals surface area contributed by atoms with Gasteiger partial charge in [-0.1, -0.05) is 23.7 Å². The van der Waals surface area contributed by atoms with Gasteiger partial charge in [-0.3, -0.25) is 9.69 Å². The number of halogens is 1. The summed E-state index contributed by atoms with van der Waals surface area (Å²) in [6.07, 6.45) is -1.07. The highest BCUT2D eigenvalue weighted by molar-refractivity contribution is 6.31. The molecule has 1 aromatic rings. The zero-order valence-corrected chi connectivity index (χ0v) is 10.4. The van der Waals surface area contributed by atoms with Gasteiger partial charge in [0.05, 0.1) is 0 Å². The molecule has 0 aliphatic carbocycles. The monoisotopic (exact) mass is 268 g/mol. The van der Waals surface area contributed by atoms with E-state index in [0.717, 1.165) is 0 Å². The van der Waals surface area contributed by atoms with E-state index in [0.29, 0.717) is 30.2 Å². The Morgan fingerprint density at radius 2 is 2.22 bits per heavy atom. The van der Waals surface area contributed by atoms with E-state index >= 15 is 0 Å². The highest BCUT2D eigenvalue weighted by Crippen LogP contribution is 2.15. The minimum Gasteiger partial charge on any atom is -0.465 e. The number of rotatable bonds is 2.